The SMILES string of the molecule is CC(CCc1ccccc1)NC(=O)Cn1nc(-c2ccccc2)ccc1=O. The van der Waals surface area contributed by atoms with Gasteiger partial charge in [-0.15, -0.1) is 0 Å². The number of amides is 1. The Kier molecular flexibility index (Phi) is 6.15. The number of hydrogen-bond acceptors (Lipinski definition) is 3. The van der Waals surface area contributed by atoms with E-state index in [-0.39, 0.29) is 24.1 Å². The van der Waals surface area contributed by atoms with Gasteiger partial charge >= 0.3 is 0 Å². The second-order valence-corrected chi connectivity index (χ2v) is 6.57. The predicted molar refractivity (Wildman–Crippen MR) is 106 cm³/mol. The van der Waals surface area contributed by atoms with Crippen LogP contribution in [-0.4, -0.2) is 21.7 Å². The fourth-order valence-electron chi connectivity index (χ4n) is 2.88. The number of nitrogens with one attached hydrogen (secondary N) is 1. The van der Waals surface area contributed by atoms with E-state index in [0.29, 0.717) is 5.69 Å². The van der Waals surface area contributed by atoms with E-state index < -0.39 is 0 Å². The van der Waals surface area contributed by atoms with Crippen molar-refractivity contribution >= 4 is 5.91 Å². The van der Waals surface area contributed by atoms with Crippen LogP contribution in [0, 0.1) is 0 Å². The molecule has 0 fully saturated rings. The van der Waals surface area contributed by atoms with Gasteiger partial charge in [0, 0.05) is 17.7 Å². The molecule has 0 bridgehead atoms. The molecule has 27 heavy (non-hydrogen) atoms. The lowest BCUT2D eigenvalue weighted by atomic mass is 10.1. The predicted octanol–water partition coefficient (Wildman–Crippen LogP) is 3.05. The van der Waals surface area contributed by atoms with E-state index in [9.17, 15) is 9.59 Å². The van der Waals surface area contributed by atoms with Crippen molar-refractivity contribution < 1.29 is 4.79 Å². The van der Waals surface area contributed by atoms with Gasteiger partial charge in [-0.3, -0.25) is 9.59 Å². The van der Waals surface area contributed by atoms with Gasteiger partial charge in [0.2, 0.25) is 5.91 Å². The van der Waals surface area contributed by atoms with E-state index in [1.807, 2.05) is 55.5 Å². The molecule has 5 nitrogen and oxygen atoms in total. The van der Waals surface area contributed by atoms with E-state index in [0.717, 1.165) is 18.4 Å². The van der Waals surface area contributed by atoms with Crippen LogP contribution < -0.4 is 10.9 Å². The average molecular weight is 361 g/mol. The molecule has 0 aliphatic rings. The van der Waals surface area contributed by atoms with E-state index in [2.05, 4.69) is 22.5 Å². The van der Waals surface area contributed by atoms with E-state index in [1.54, 1.807) is 6.07 Å². The molecule has 138 valence electrons. The van der Waals surface area contributed by atoms with Crippen molar-refractivity contribution in [3.05, 3.63) is 88.7 Å². The Labute approximate surface area is 158 Å². The second-order valence-electron chi connectivity index (χ2n) is 6.57. The summed E-state index contributed by atoms with van der Waals surface area (Å²) in [5.41, 5.74) is 2.52. The van der Waals surface area contributed by atoms with E-state index in [1.165, 1.54) is 16.3 Å². The molecule has 0 aliphatic carbocycles. The Bertz CT molecular complexity index is 937. The molecule has 1 amide bonds. The lowest BCUT2D eigenvalue weighted by Gasteiger charge is -2.14. The zero-order valence-electron chi connectivity index (χ0n) is 15.3. The molecule has 3 aromatic rings. The van der Waals surface area contributed by atoms with Gasteiger partial charge < -0.3 is 5.32 Å². The van der Waals surface area contributed by atoms with Crippen molar-refractivity contribution in [2.24, 2.45) is 0 Å². The molecule has 0 saturated heterocycles. The smallest absolute Gasteiger partial charge is 0.267 e. The average Bonchev–Trinajstić information content (AvgIpc) is 2.69. The minimum atomic E-state index is -0.290. The monoisotopic (exact) mass is 361 g/mol. The molecule has 0 saturated carbocycles. The van der Waals surface area contributed by atoms with Crippen molar-refractivity contribution in [3.63, 3.8) is 0 Å². The number of carbonyl (C=O) groups excluding carboxylic acids is 1. The quantitative estimate of drug-likeness (QED) is 0.703. The van der Waals surface area contributed by atoms with Crippen LogP contribution in [0.3, 0.4) is 0 Å². The summed E-state index contributed by atoms with van der Waals surface area (Å²) in [4.78, 5) is 24.4. The van der Waals surface area contributed by atoms with Crippen LogP contribution >= 0.6 is 0 Å². The maximum atomic E-state index is 12.3. The van der Waals surface area contributed by atoms with Gasteiger partial charge in [0.25, 0.3) is 5.56 Å². The highest BCUT2D eigenvalue weighted by Crippen LogP contribution is 2.13. The third kappa shape index (κ3) is 5.38. The lowest BCUT2D eigenvalue weighted by molar-refractivity contribution is -0.122. The highest BCUT2D eigenvalue weighted by molar-refractivity contribution is 5.76. The molecule has 1 aromatic heterocycles. The number of nitrogens with zero attached hydrogens (tertiary/aromatic N) is 2. The van der Waals surface area contributed by atoms with Crippen LogP contribution in [0.4, 0.5) is 0 Å². The molecule has 1 heterocycles. The molecule has 3 rings (SSSR count). The molecular formula is C22H23N3O2. The topological polar surface area (TPSA) is 64.0 Å². The molecule has 5 heteroatoms. The maximum Gasteiger partial charge on any atom is 0.267 e. The Morgan fingerprint density at radius 3 is 2.37 bits per heavy atom. The summed E-state index contributed by atoms with van der Waals surface area (Å²) in [6.07, 6.45) is 1.73. The van der Waals surface area contributed by atoms with Gasteiger partial charge in [0.15, 0.2) is 0 Å². The largest absolute Gasteiger partial charge is 0.352 e. The molecule has 0 spiro atoms. The van der Waals surface area contributed by atoms with E-state index in [4.69, 9.17) is 0 Å². The van der Waals surface area contributed by atoms with Gasteiger partial charge in [-0.25, -0.2) is 4.68 Å². The minimum absolute atomic E-state index is 0.0192. The second kappa shape index (κ2) is 8.94. The molecule has 0 radical (unpaired) electrons. The van der Waals surface area contributed by atoms with Crippen molar-refractivity contribution in [2.45, 2.75) is 32.4 Å². The Morgan fingerprint density at radius 2 is 1.67 bits per heavy atom. The maximum absolute atomic E-state index is 12.3. The highest BCUT2D eigenvalue weighted by Gasteiger charge is 2.11. The first kappa shape index (κ1) is 18.6. The summed E-state index contributed by atoms with van der Waals surface area (Å²) >= 11 is 0. The van der Waals surface area contributed by atoms with Crippen LogP contribution in [0.5, 0.6) is 0 Å². The first-order valence-electron chi connectivity index (χ1n) is 9.09. The highest BCUT2D eigenvalue weighted by atomic mass is 16.2. The first-order chi connectivity index (χ1) is 13.1. The standard InChI is InChI=1S/C22H23N3O2/c1-17(12-13-18-8-4-2-5-9-18)23-21(26)16-25-22(27)15-14-20(24-25)19-10-6-3-7-11-19/h2-11,14-15,17H,12-13,16H2,1H3,(H,23,26). The lowest BCUT2D eigenvalue weighted by Crippen LogP contribution is -2.38. The molecule has 1 atom stereocenters. The molecule has 1 unspecified atom stereocenters. The fourth-order valence-corrected chi connectivity index (χ4v) is 2.88. The van der Waals surface area contributed by atoms with Crippen LogP contribution in [0.25, 0.3) is 11.3 Å². The molecule has 2 aromatic carbocycles. The van der Waals surface area contributed by atoms with Crippen molar-refractivity contribution in [1.29, 1.82) is 0 Å². The van der Waals surface area contributed by atoms with Gasteiger partial charge in [-0.05, 0) is 31.4 Å². The number of aromatic nitrogens is 2. The summed E-state index contributed by atoms with van der Waals surface area (Å²) in [5, 5.41) is 7.27. The normalized spacial score (nSPS) is 11.7. The summed E-state index contributed by atoms with van der Waals surface area (Å²) in [6, 6.07) is 22.9. The number of carbonyl (C=O) groups is 1. The molecule has 1 N–H and O–H groups in total. The van der Waals surface area contributed by atoms with Gasteiger partial charge in [-0.2, -0.15) is 5.10 Å². The Morgan fingerprint density at radius 1 is 1.00 bits per heavy atom. The van der Waals surface area contributed by atoms with Crippen LogP contribution in [0.1, 0.15) is 18.9 Å². The van der Waals surface area contributed by atoms with Crippen LogP contribution in [0.2, 0.25) is 0 Å². The van der Waals surface area contributed by atoms with Gasteiger partial charge in [0.1, 0.15) is 6.54 Å². The molecule has 0 aliphatic heterocycles. The third-order valence-electron chi connectivity index (χ3n) is 4.35. The van der Waals surface area contributed by atoms with Crippen molar-refractivity contribution in [3.8, 4) is 11.3 Å². The number of benzene rings is 2. The van der Waals surface area contributed by atoms with Crippen LogP contribution in [-0.2, 0) is 17.8 Å². The van der Waals surface area contributed by atoms with E-state index >= 15 is 0 Å². The fraction of sp³-hybridized carbons (Fsp3) is 0.227. The van der Waals surface area contributed by atoms with Gasteiger partial charge in [0.05, 0.1) is 5.69 Å². The summed E-state index contributed by atoms with van der Waals surface area (Å²) in [5.74, 6) is -0.213. The van der Waals surface area contributed by atoms with Gasteiger partial charge in [-0.1, -0.05) is 60.7 Å². The summed E-state index contributed by atoms with van der Waals surface area (Å²) in [7, 11) is 0. The third-order valence-corrected chi connectivity index (χ3v) is 4.35. The Hall–Kier alpha value is -3.21. The van der Waals surface area contributed by atoms with Crippen molar-refractivity contribution in [1.82, 2.24) is 15.1 Å². The summed E-state index contributed by atoms with van der Waals surface area (Å²) in [6.45, 7) is 1.88. The Balaban J connectivity index is 1.59. The number of rotatable bonds is 7. The zero-order chi connectivity index (χ0) is 19.1. The minimum Gasteiger partial charge on any atom is -0.352 e. The van der Waals surface area contributed by atoms with Crippen molar-refractivity contribution in [2.75, 3.05) is 0 Å². The zero-order valence-corrected chi connectivity index (χ0v) is 15.3. The molecular weight excluding hydrogens is 338 g/mol. The number of hydrogen-bond donors (Lipinski definition) is 1. The summed E-state index contributed by atoms with van der Waals surface area (Å²) < 4.78 is 1.21. The first-order valence-corrected chi connectivity index (χ1v) is 9.09. The number of aryl methyl sites for hydroxylation is 1. The van der Waals surface area contributed by atoms with Crippen LogP contribution in [0.15, 0.2) is 77.6 Å².